The molecule has 0 bridgehead atoms. The van der Waals surface area contributed by atoms with Crippen molar-refractivity contribution < 1.29 is 9.59 Å². The number of piperazine rings is 1. The average Bonchev–Trinajstić information content (AvgIpc) is 3.75. The van der Waals surface area contributed by atoms with Crippen LogP contribution in [-0.4, -0.2) is 69.3 Å². The molecule has 4 aromatic rings. The summed E-state index contributed by atoms with van der Waals surface area (Å²) in [6.45, 7) is 10.8. The highest BCUT2D eigenvalue weighted by molar-refractivity contribution is 7.21. The first-order valence-electron chi connectivity index (χ1n) is 13.9. The first-order valence-corrected chi connectivity index (χ1v) is 14.7. The minimum atomic E-state index is -0.158. The van der Waals surface area contributed by atoms with E-state index in [2.05, 4.69) is 55.3 Å². The summed E-state index contributed by atoms with van der Waals surface area (Å²) in [5.41, 5.74) is 5.88. The van der Waals surface area contributed by atoms with Crippen molar-refractivity contribution in [2.45, 2.75) is 33.2 Å². The van der Waals surface area contributed by atoms with Crippen LogP contribution in [0.5, 0.6) is 0 Å². The van der Waals surface area contributed by atoms with Crippen LogP contribution in [0.3, 0.4) is 0 Å². The molecule has 1 saturated carbocycles. The fraction of sp³-hybridized carbons (Fsp3) is 0.367. The fourth-order valence-corrected chi connectivity index (χ4v) is 5.72. The van der Waals surface area contributed by atoms with Crippen molar-refractivity contribution >= 4 is 44.4 Å². The Labute approximate surface area is 237 Å². The number of aromatic nitrogens is 3. The largest absolute Gasteiger partial charge is 0.322 e. The number of thiazole rings is 1. The molecule has 0 unspecified atom stereocenters. The lowest BCUT2D eigenvalue weighted by Crippen LogP contribution is -2.45. The van der Waals surface area contributed by atoms with Gasteiger partial charge < -0.3 is 15.5 Å². The van der Waals surface area contributed by atoms with Crippen LogP contribution in [0.1, 0.15) is 41.3 Å². The topological polar surface area (TPSA) is 103 Å². The Morgan fingerprint density at radius 2 is 1.73 bits per heavy atom. The van der Waals surface area contributed by atoms with E-state index in [4.69, 9.17) is 0 Å². The lowest BCUT2D eigenvalue weighted by atomic mass is 10.1. The molecule has 0 spiro atoms. The van der Waals surface area contributed by atoms with Gasteiger partial charge in [0.2, 0.25) is 5.91 Å². The van der Waals surface area contributed by atoms with Gasteiger partial charge >= 0.3 is 0 Å². The number of carbonyl (C=O) groups is 2. The number of hydrogen-bond acceptors (Lipinski definition) is 8. The maximum Gasteiger partial charge on any atom is 0.255 e. The van der Waals surface area contributed by atoms with E-state index in [1.54, 1.807) is 18.3 Å². The van der Waals surface area contributed by atoms with E-state index < -0.39 is 0 Å². The van der Waals surface area contributed by atoms with E-state index in [0.29, 0.717) is 26.9 Å². The Bertz CT molecular complexity index is 1540. The lowest BCUT2D eigenvalue weighted by Gasteiger charge is -2.34. The highest BCUT2D eigenvalue weighted by Gasteiger charge is 2.30. The molecular formula is C30H33N7O2S. The maximum atomic E-state index is 13.0. The van der Waals surface area contributed by atoms with E-state index >= 15 is 0 Å². The Balaban J connectivity index is 1.08. The highest BCUT2D eigenvalue weighted by Crippen LogP contribution is 2.32. The molecule has 9 nitrogen and oxygen atoms in total. The molecule has 6 rings (SSSR count). The number of carbonyl (C=O) groups excluding carboxylic acids is 2. The highest BCUT2D eigenvalue weighted by atomic mass is 32.1. The normalized spacial score (nSPS) is 16.2. The number of anilines is 2. The van der Waals surface area contributed by atoms with E-state index in [9.17, 15) is 9.59 Å². The van der Waals surface area contributed by atoms with E-state index in [0.717, 1.165) is 63.4 Å². The molecule has 2 aromatic carbocycles. The summed E-state index contributed by atoms with van der Waals surface area (Å²) in [6, 6.07) is 13.5. The average molecular weight is 556 g/mol. The van der Waals surface area contributed by atoms with Gasteiger partial charge in [0.25, 0.3) is 5.91 Å². The second-order valence-electron chi connectivity index (χ2n) is 10.5. The Morgan fingerprint density at radius 1 is 0.975 bits per heavy atom. The Hall–Kier alpha value is -3.73. The standard InChI is InChI=1S/C30H33N7O2S/c1-3-36-12-14-37(15-13-36)18-23-10-11-24(16-19(23)2)32-27(38)21-6-4-20(5-7-21)25-17-31-26-29(33-25)40-30(34-26)35-28(39)22-8-9-22/h4-7,10-11,16-17,22H,3,8-9,12-15,18H2,1-2H3,(H,32,38)(H,31,34,35,39). The zero-order valence-electron chi connectivity index (χ0n) is 22.8. The second-order valence-corrected chi connectivity index (χ2v) is 11.5. The molecule has 1 saturated heterocycles. The number of amides is 2. The van der Waals surface area contributed by atoms with Gasteiger partial charge in [0.1, 0.15) is 0 Å². The number of nitrogens with zero attached hydrogens (tertiary/aromatic N) is 5. The molecule has 10 heteroatoms. The van der Waals surface area contributed by atoms with Crippen LogP contribution in [0, 0.1) is 12.8 Å². The van der Waals surface area contributed by atoms with Crippen LogP contribution in [-0.2, 0) is 11.3 Å². The summed E-state index contributed by atoms with van der Waals surface area (Å²) in [5, 5.41) is 6.41. The molecule has 0 atom stereocenters. The van der Waals surface area contributed by atoms with Crippen molar-refractivity contribution in [3.05, 3.63) is 65.4 Å². The number of likely N-dealkylation sites (N-methyl/N-ethyl adjacent to an activating group) is 1. The van der Waals surface area contributed by atoms with Gasteiger partial charge in [-0.2, -0.15) is 4.98 Å². The van der Waals surface area contributed by atoms with E-state index in [-0.39, 0.29) is 17.7 Å². The minimum Gasteiger partial charge on any atom is -0.322 e. The fourth-order valence-electron chi connectivity index (χ4n) is 4.92. The molecule has 2 aliphatic rings. The quantitative estimate of drug-likeness (QED) is 0.322. The smallest absolute Gasteiger partial charge is 0.255 e. The predicted molar refractivity (Wildman–Crippen MR) is 159 cm³/mol. The Morgan fingerprint density at radius 3 is 2.42 bits per heavy atom. The summed E-state index contributed by atoms with van der Waals surface area (Å²) in [5.74, 6) is -0.0331. The Kier molecular flexibility index (Phi) is 7.55. The van der Waals surface area contributed by atoms with Crippen LogP contribution >= 0.6 is 11.3 Å². The SMILES string of the molecule is CCN1CCN(Cc2ccc(NC(=O)c3ccc(-c4cnc5nc(NC(=O)C6CC6)sc5n4)cc3)cc2C)CC1. The second kappa shape index (κ2) is 11.4. The first-order chi connectivity index (χ1) is 19.4. The molecule has 40 heavy (non-hydrogen) atoms. The third-order valence-electron chi connectivity index (χ3n) is 7.65. The van der Waals surface area contributed by atoms with Crippen molar-refractivity contribution in [1.82, 2.24) is 24.8 Å². The van der Waals surface area contributed by atoms with Gasteiger partial charge in [-0.05, 0) is 61.7 Å². The van der Waals surface area contributed by atoms with Gasteiger partial charge in [0, 0.05) is 55.5 Å². The molecule has 2 amide bonds. The van der Waals surface area contributed by atoms with Crippen LogP contribution < -0.4 is 10.6 Å². The van der Waals surface area contributed by atoms with Crippen LogP contribution in [0.4, 0.5) is 10.8 Å². The molecule has 0 radical (unpaired) electrons. The molecule has 206 valence electrons. The summed E-state index contributed by atoms with van der Waals surface area (Å²) < 4.78 is 0. The van der Waals surface area contributed by atoms with Crippen LogP contribution in [0.25, 0.3) is 21.7 Å². The summed E-state index contributed by atoms with van der Waals surface area (Å²) in [4.78, 5) is 44.1. The maximum absolute atomic E-state index is 13.0. The monoisotopic (exact) mass is 555 g/mol. The number of fused-ring (bicyclic) bond motifs is 1. The molecule has 1 aliphatic heterocycles. The van der Waals surface area contributed by atoms with Crippen LogP contribution in [0.15, 0.2) is 48.7 Å². The first kappa shape index (κ1) is 26.5. The van der Waals surface area contributed by atoms with Crippen molar-refractivity contribution in [3.63, 3.8) is 0 Å². The molecule has 3 heterocycles. The molecule has 2 N–H and O–H groups in total. The van der Waals surface area contributed by atoms with Gasteiger partial charge in [-0.25, -0.2) is 9.97 Å². The van der Waals surface area contributed by atoms with Crippen molar-refractivity contribution in [2.24, 2.45) is 5.92 Å². The molecule has 2 fully saturated rings. The summed E-state index contributed by atoms with van der Waals surface area (Å²) in [6.07, 6.45) is 3.54. The van der Waals surface area contributed by atoms with Gasteiger partial charge in [-0.15, -0.1) is 0 Å². The van der Waals surface area contributed by atoms with Gasteiger partial charge in [0.05, 0.1) is 11.9 Å². The molecule has 1 aliphatic carbocycles. The number of aryl methyl sites for hydroxylation is 1. The zero-order valence-corrected chi connectivity index (χ0v) is 23.6. The van der Waals surface area contributed by atoms with Gasteiger partial charge in [0.15, 0.2) is 15.6 Å². The molecule has 2 aromatic heterocycles. The minimum absolute atomic E-state index is 0.0142. The number of rotatable bonds is 8. The zero-order chi connectivity index (χ0) is 27.6. The molecular weight excluding hydrogens is 522 g/mol. The van der Waals surface area contributed by atoms with E-state index in [1.165, 1.54) is 22.5 Å². The third kappa shape index (κ3) is 6.04. The predicted octanol–water partition coefficient (Wildman–Crippen LogP) is 4.80. The third-order valence-corrected chi connectivity index (χ3v) is 8.50. The summed E-state index contributed by atoms with van der Waals surface area (Å²) >= 11 is 1.32. The number of nitrogens with one attached hydrogen (secondary N) is 2. The van der Waals surface area contributed by atoms with E-state index in [1.807, 2.05) is 24.3 Å². The van der Waals surface area contributed by atoms with Crippen molar-refractivity contribution in [2.75, 3.05) is 43.4 Å². The van der Waals surface area contributed by atoms with Crippen molar-refractivity contribution in [3.8, 4) is 11.3 Å². The number of hydrogen-bond donors (Lipinski definition) is 2. The lowest BCUT2D eigenvalue weighted by molar-refractivity contribution is -0.117. The van der Waals surface area contributed by atoms with Gasteiger partial charge in [-0.3, -0.25) is 14.5 Å². The number of benzene rings is 2. The van der Waals surface area contributed by atoms with Crippen molar-refractivity contribution in [1.29, 1.82) is 0 Å². The summed E-state index contributed by atoms with van der Waals surface area (Å²) in [7, 11) is 0. The van der Waals surface area contributed by atoms with Crippen LogP contribution in [0.2, 0.25) is 0 Å². The van der Waals surface area contributed by atoms with Gasteiger partial charge in [-0.1, -0.05) is 36.5 Å².